The van der Waals surface area contributed by atoms with Crippen molar-refractivity contribution in [1.82, 2.24) is 4.67 Å². The molecule has 4 heteroatoms. The summed E-state index contributed by atoms with van der Waals surface area (Å²) < 4.78 is 1.69. The van der Waals surface area contributed by atoms with Gasteiger partial charge in [-0.15, -0.1) is 0 Å². The number of unbranched alkanes of at least 4 members (excludes halogenated alkanes) is 15. The first-order valence-corrected chi connectivity index (χ1v) is 17.1. The van der Waals surface area contributed by atoms with Gasteiger partial charge in [0.1, 0.15) is 0 Å². The molecular weight excluding hydrogens is 409 g/mol. The van der Waals surface area contributed by atoms with E-state index in [0.717, 1.165) is 24.6 Å². The van der Waals surface area contributed by atoms with Crippen LogP contribution in [0.1, 0.15) is 143 Å². The summed E-state index contributed by atoms with van der Waals surface area (Å²) in [6.45, 7) is 6.55. The van der Waals surface area contributed by atoms with Crippen LogP contribution in [0.2, 0.25) is 0 Å². The zero-order chi connectivity index (χ0) is 24.0. The Bertz CT molecular complexity index is 462. The Labute approximate surface area is 202 Å². The number of hydrogen-bond acceptors (Lipinski definition) is 3. The van der Waals surface area contributed by atoms with Gasteiger partial charge in [0.2, 0.25) is 0 Å². The van der Waals surface area contributed by atoms with Crippen molar-refractivity contribution in [3.8, 4) is 12.4 Å². The molecule has 0 atom stereocenters. The molecular formula is C28H56N3P. The van der Waals surface area contributed by atoms with Crippen LogP contribution in [0, 0.1) is 22.9 Å². The quantitative estimate of drug-likeness (QED) is 0.0652. The molecule has 0 aliphatic rings. The molecule has 0 rings (SSSR count). The van der Waals surface area contributed by atoms with Crippen LogP contribution >= 0.6 is 6.75 Å². The zero-order valence-electron chi connectivity index (χ0n) is 22.3. The molecule has 3 nitrogen and oxygen atoms in total. The van der Waals surface area contributed by atoms with Crippen molar-refractivity contribution in [2.24, 2.45) is 0 Å². The van der Waals surface area contributed by atoms with Crippen molar-refractivity contribution in [3.05, 3.63) is 0 Å². The molecule has 0 bridgehead atoms. The maximum atomic E-state index is 10.1. The standard InChI is InChI=1S/C28H56N3P/c1-5-9-12-15-18-21-24-32(8-4,31(27-29)28-30,25-22-19-16-13-10-6-2)26-23-20-17-14-11-7-3/h5-26H2,1-4H3. The Morgan fingerprint density at radius 2 is 0.750 bits per heavy atom. The third-order valence-corrected chi connectivity index (χ3v) is 15.2. The van der Waals surface area contributed by atoms with E-state index in [2.05, 4.69) is 40.1 Å². The van der Waals surface area contributed by atoms with Gasteiger partial charge in [-0.25, -0.2) is 0 Å². The van der Waals surface area contributed by atoms with Gasteiger partial charge >= 0.3 is 202 Å². The molecule has 32 heavy (non-hydrogen) atoms. The first-order valence-electron chi connectivity index (χ1n) is 14.2. The van der Waals surface area contributed by atoms with Crippen LogP contribution in [-0.4, -0.2) is 29.3 Å². The summed E-state index contributed by atoms with van der Waals surface area (Å²) in [6.07, 6.45) is 32.3. The van der Waals surface area contributed by atoms with Crippen molar-refractivity contribution in [2.45, 2.75) is 143 Å². The second-order valence-corrected chi connectivity index (χ2v) is 16.4. The minimum absolute atomic E-state index is 1.03. The molecule has 0 aliphatic heterocycles. The molecule has 0 fully saturated rings. The van der Waals surface area contributed by atoms with Gasteiger partial charge in [-0.3, -0.25) is 0 Å². The summed E-state index contributed by atoms with van der Waals surface area (Å²) in [4.78, 5) is 0. The van der Waals surface area contributed by atoms with Crippen molar-refractivity contribution < 1.29 is 0 Å². The van der Waals surface area contributed by atoms with E-state index in [0.29, 0.717) is 0 Å². The monoisotopic (exact) mass is 465 g/mol. The van der Waals surface area contributed by atoms with E-state index in [4.69, 9.17) is 0 Å². The number of nitriles is 2. The molecule has 0 amide bonds. The third kappa shape index (κ3) is 11.4. The Morgan fingerprint density at radius 1 is 0.469 bits per heavy atom. The first kappa shape index (κ1) is 31.2. The topological polar surface area (TPSA) is 50.8 Å². The molecule has 0 aromatic rings. The molecule has 0 N–H and O–H groups in total. The van der Waals surface area contributed by atoms with Gasteiger partial charge < -0.3 is 0 Å². The van der Waals surface area contributed by atoms with Crippen LogP contribution in [0.4, 0.5) is 0 Å². The Morgan fingerprint density at radius 3 is 1.00 bits per heavy atom. The fraction of sp³-hybridized carbons (Fsp3) is 0.929. The van der Waals surface area contributed by atoms with Crippen LogP contribution in [-0.2, 0) is 0 Å². The first-order chi connectivity index (χ1) is 15.6. The van der Waals surface area contributed by atoms with Gasteiger partial charge in [-0.2, -0.15) is 0 Å². The van der Waals surface area contributed by atoms with Gasteiger partial charge in [0.05, 0.1) is 0 Å². The number of hydrogen-bond donors (Lipinski definition) is 0. The molecule has 0 saturated heterocycles. The molecule has 0 heterocycles. The van der Waals surface area contributed by atoms with E-state index in [1.807, 2.05) is 0 Å². The normalized spacial score (nSPS) is 12.6. The molecule has 188 valence electrons. The van der Waals surface area contributed by atoms with Gasteiger partial charge in [0, 0.05) is 0 Å². The Hall–Kier alpha value is -0.790. The van der Waals surface area contributed by atoms with E-state index in [-0.39, 0.29) is 0 Å². The van der Waals surface area contributed by atoms with Crippen LogP contribution in [0.15, 0.2) is 0 Å². The predicted molar refractivity (Wildman–Crippen MR) is 145 cm³/mol. The molecule has 0 aromatic heterocycles. The number of rotatable bonds is 23. The summed E-state index contributed by atoms with van der Waals surface area (Å²) in [5.74, 6) is 0. The average molecular weight is 466 g/mol. The Balaban J connectivity index is 5.36. The van der Waals surface area contributed by atoms with Crippen molar-refractivity contribution in [2.75, 3.05) is 24.6 Å². The van der Waals surface area contributed by atoms with E-state index in [1.54, 1.807) is 4.67 Å². The van der Waals surface area contributed by atoms with E-state index < -0.39 is 6.75 Å². The van der Waals surface area contributed by atoms with E-state index in [9.17, 15) is 10.5 Å². The van der Waals surface area contributed by atoms with Gasteiger partial charge in [-0.05, 0) is 0 Å². The summed E-state index contributed by atoms with van der Waals surface area (Å²) in [6, 6.07) is 0. The van der Waals surface area contributed by atoms with E-state index >= 15 is 0 Å². The van der Waals surface area contributed by atoms with Crippen molar-refractivity contribution in [1.29, 1.82) is 10.5 Å². The molecule has 0 saturated carbocycles. The Kier molecular flexibility index (Phi) is 19.2. The molecule has 0 aromatic carbocycles. The average Bonchev–Trinajstić information content (AvgIpc) is 2.81. The predicted octanol–water partition coefficient (Wildman–Crippen LogP) is 9.82. The molecule has 0 radical (unpaired) electrons. The second-order valence-electron chi connectivity index (χ2n) is 10.2. The van der Waals surface area contributed by atoms with Crippen LogP contribution in [0.5, 0.6) is 0 Å². The summed E-state index contributed by atoms with van der Waals surface area (Å²) >= 11 is 0. The van der Waals surface area contributed by atoms with Crippen LogP contribution < -0.4 is 0 Å². The van der Waals surface area contributed by atoms with Crippen molar-refractivity contribution in [3.63, 3.8) is 0 Å². The van der Waals surface area contributed by atoms with E-state index in [1.165, 1.54) is 116 Å². The number of nitrogens with zero attached hydrogens (tertiary/aromatic N) is 3. The SMILES string of the molecule is CCCCCCCCP(CC)(CCCCCCCC)(CCCCCCCC)N(C#N)C#N. The zero-order valence-corrected chi connectivity index (χ0v) is 23.2. The van der Waals surface area contributed by atoms with Crippen LogP contribution in [0.25, 0.3) is 0 Å². The van der Waals surface area contributed by atoms with Crippen molar-refractivity contribution >= 4 is 6.75 Å². The minimum atomic E-state index is -2.54. The van der Waals surface area contributed by atoms with Gasteiger partial charge in [0.25, 0.3) is 0 Å². The summed E-state index contributed by atoms with van der Waals surface area (Å²) in [5.41, 5.74) is 0. The van der Waals surface area contributed by atoms with Gasteiger partial charge in [0.15, 0.2) is 0 Å². The summed E-state index contributed by atoms with van der Waals surface area (Å²) in [5, 5.41) is 20.1. The fourth-order valence-electron chi connectivity index (χ4n) is 5.42. The maximum absolute atomic E-state index is 10.1. The fourth-order valence-corrected chi connectivity index (χ4v) is 11.5. The molecule has 0 aliphatic carbocycles. The summed E-state index contributed by atoms with van der Waals surface area (Å²) in [7, 11) is 0. The second kappa shape index (κ2) is 19.7. The molecule has 0 unspecified atom stereocenters. The van der Waals surface area contributed by atoms with Gasteiger partial charge in [-0.1, -0.05) is 0 Å². The third-order valence-electron chi connectivity index (χ3n) is 7.83. The van der Waals surface area contributed by atoms with Crippen LogP contribution in [0.3, 0.4) is 0 Å². The molecule has 0 spiro atoms.